The number of nitrogens with zero attached hydrogens (tertiary/aromatic N) is 1. The van der Waals surface area contributed by atoms with Crippen LogP contribution in [0.15, 0.2) is 53.5 Å². The van der Waals surface area contributed by atoms with Gasteiger partial charge >= 0.3 is 0 Å². The summed E-state index contributed by atoms with van der Waals surface area (Å²) < 4.78 is 0. The number of carbonyl (C=O) groups excluding carboxylic acids is 1. The summed E-state index contributed by atoms with van der Waals surface area (Å²) in [6, 6.07) is 15.8. The smallest absolute Gasteiger partial charge is 0.224 e. The van der Waals surface area contributed by atoms with Crippen LogP contribution in [-0.2, 0) is 11.3 Å². The molecule has 5 heteroatoms. The maximum absolute atomic E-state index is 11.6. The van der Waals surface area contributed by atoms with E-state index in [1.165, 1.54) is 5.56 Å². The molecule has 0 saturated carbocycles. The van der Waals surface area contributed by atoms with E-state index in [9.17, 15) is 4.79 Å². The van der Waals surface area contributed by atoms with E-state index in [0.29, 0.717) is 24.8 Å². The molecule has 5 nitrogen and oxygen atoms in total. The number of guanidine groups is 1. The molecule has 0 fully saturated rings. The number of anilines is 2. The van der Waals surface area contributed by atoms with Gasteiger partial charge in [0.15, 0.2) is 5.96 Å². The lowest BCUT2D eigenvalue weighted by atomic mass is 10.0. The first-order valence-electron chi connectivity index (χ1n) is 9.03. The normalized spacial score (nSPS) is 11.5. The number of rotatable bonds is 7. The average Bonchev–Trinajstić information content (AvgIpc) is 2.61. The quantitative estimate of drug-likeness (QED) is 0.508. The Morgan fingerprint density at radius 1 is 1.08 bits per heavy atom. The summed E-state index contributed by atoms with van der Waals surface area (Å²) in [4.78, 5) is 16.0. The molecule has 26 heavy (non-hydrogen) atoms. The monoisotopic (exact) mass is 352 g/mol. The summed E-state index contributed by atoms with van der Waals surface area (Å²) in [5, 5.41) is 6.00. The van der Waals surface area contributed by atoms with Gasteiger partial charge in [0.2, 0.25) is 5.91 Å². The van der Waals surface area contributed by atoms with Crippen molar-refractivity contribution in [2.45, 2.75) is 46.1 Å². The summed E-state index contributed by atoms with van der Waals surface area (Å²) >= 11 is 0. The van der Waals surface area contributed by atoms with E-state index in [1.54, 1.807) is 0 Å². The van der Waals surface area contributed by atoms with Gasteiger partial charge in [-0.2, -0.15) is 0 Å². The number of amides is 1. The van der Waals surface area contributed by atoms with E-state index in [4.69, 9.17) is 5.73 Å². The van der Waals surface area contributed by atoms with E-state index in [0.717, 1.165) is 23.4 Å². The van der Waals surface area contributed by atoms with E-state index < -0.39 is 0 Å². The van der Waals surface area contributed by atoms with Crippen molar-refractivity contribution in [3.8, 4) is 0 Å². The Balaban J connectivity index is 1.92. The average molecular weight is 352 g/mol. The van der Waals surface area contributed by atoms with Crippen LogP contribution >= 0.6 is 0 Å². The van der Waals surface area contributed by atoms with Crippen molar-refractivity contribution < 1.29 is 4.79 Å². The number of nitrogens with one attached hydrogen (secondary N) is 2. The molecule has 4 N–H and O–H groups in total. The highest BCUT2D eigenvalue weighted by Crippen LogP contribution is 2.18. The minimum atomic E-state index is 0.0374. The van der Waals surface area contributed by atoms with Crippen molar-refractivity contribution in [1.82, 2.24) is 0 Å². The second-order valence-corrected chi connectivity index (χ2v) is 6.60. The third-order valence-electron chi connectivity index (χ3n) is 3.97. The van der Waals surface area contributed by atoms with Gasteiger partial charge in [-0.25, -0.2) is 4.99 Å². The van der Waals surface area contributed by atoms with E-state index in [2.05, 4.69) is 41.6 Å². The number of nitrogens with two attached hydrogens (primary N) is 1. The van der Waals surface area contributed by atoms with Gasteiger partial charge in [-0.1, -0.05) is 45.0 Å². The molecule has 0 heterocycles. The molecule has 2 rings (SSSR count). The molecule has 2 aromatic rings. The highest BCUT2D eigenvalue weighted by Gasteiger charge is 2.02. The second kappa shape index (κ2) is 9.61. The SMILES string of the molecule is CCCC(=O)Nc1ccc(CN=C(N)Nc2cccc(C(C)C)c2)cc1. The lowest BCUT2D eigenvalue weighted by Gasteiger charge is -2.10. The molecular formula is C21H28N4O. The molecule has 2 aromatic carbocycles. The predicted molar refractivity (Wildman–Crippen MR) is 109 cm³/mol. The van der Waals surface area contributed by atoms with Crippen LogP contribution in [0.25, 0.3) is 0 Å². The predicted octanol–water partition coefficient (Wildman–Crippen LogP) is 4.48. The Morgan fingerprint density at radius 3 is 2.46 bits per heavy atom. The van der Waals surface area contributed by atoms with Gasteiger partial charge in [0, 0.05) is 17.8 Å². The highest BCUT2D eigenvalue weighted by atomic mass is 16.1. The largest absolute Gasteiger partial charge is 0.370 e. The number of carbonyl (C=O) groups is 1. The van der Waals surface area contributed by atoms with Crippen LogP contribution in [0.2, 0.25) is 0 Å². The molecule has 0 spiro atoms. The standard InChI is InChI=1S/C21H28N4O/c1-4-6-20(26)24-18-11-9-16(10-12-18)14-23-21(22)25-19-8-5-7-17(13-19)15(2)3/h5,7-13,15H,4,6,14H2,1-3H3,(H,24,26)(H3,22,23,25). The molecule has 0 aliphatic rings. The van der Waals surface area contributed by atoms with Gasteiger partial charge < -0.3 is 16.4 Å². The third-order valence-corrected chi connectivity index (χ3v) is 3.97. The summed E-state index contributed by atoms with van der Waals surface area (Å²) in [6.07, 6.45) is 1.37. The fourth-order valence-electron chi connectivity index (χ4n) is 2.48. The fourth-order valence-corrected chi connectivity index (χ4v) is 2.48. The third kappa shape index (κ3) is 6.24. The zero-order valence-electron chi connectivity index (χ0n) is 15.8. The highest BCUT2D eigenvalue weighted by molar-refractivity contribution is 5.92. The van der Waals surface area contributed by atoms with Gasteiger partial charge in [-0.05, 0) is 47.7 Å². The molecule has 0 saturated heterocycles. The van der Waals surface area contributed by atoms with Crippen molar-refractivity contribution >= 4 is 23.2 Å². The molecule has 0 aliphatic carbocycles. The first-order chi connectivity index (χ1) is 12.5. The molecule has 0 unspecified atom stereocenters. The summed E-state index contributed by atoms with van der Waals surface area (Å²) in [6.45, 7) is 6.78. The van der Waals surface area contributed by atoms with Gasteiger partial charge in [0.25, 0.3) is 0 Å². The first-order valence-corrected chi connectivity index (χ1v) is 9.03. The molecular weight excluding hydrogens is 324 g/mol. The molecule has 0 radical (unpaired) electrons. The van der Waals surface area contributed by atoms with Gasteiger partial charge in [0.1, 0.15) is 0 Å². The van der Waals surface area contributed by atoms with E-state index >= 15 is 0 Å². The zero-order valence-corrected chi connectivity index (χ0v) is 15.8. The maximum Gasteiger partial charge on any atom is 0.224 e. The number of benzene rings is 2. The van der Waals surface area contributed by atoms with Crippen LogP contribution in [0.3, 0.4) is 0 Å². The second-order valence-electron chi connectivity index (χ2n) is 6.60. The summed E-state index contributed by atoms with van der Waals surface area (Å²) in [7, 11) is 0. The van der Waals surface area contributed by atoms with Crippen molar-refractivity contribution in [3.63, 3.8) is 0 Å². The number of hydrogen-bond donors (Lipinski definition) is 3. The molecule has 138 valence electrons. The summed E-state index contributed by atoms with van der Waals surface area (Å²) in [5.74, 6) is 0.882. The topological polar surface area (TPSA) is 79.5 Å². The molecule has 0 aromatic heterocycles. The maximum atomic E-state index is 11.6. The van der Waals surface area contributed by atoms with E-state index in [-0.39, 0.29) is 5.91 Å². The zero-order chi connectivity index (χ0) is 18.9. The fraction of sp³-hybridized carbons (Fsp3) is 0.333. The van der Waals surface area contributed by atoms with Crippen LogP contribution in [-0.4, -0.2) is 11.9 Å². The Labute approximate surface area is 155 Å². The van der Waals surface area contributed by atoms with Crippen LogP contribution in [0.1, 0.15) is 50.7 Å². The Bertz CT molecular complexity index is 751. The molecule has 0 atom stereocenters. The number of hydrogen-bond acceptors (Lipinski definition) is 2. The molecule has 0 aliphatic heterocycles. The van der Waals surface area contributed by atoms with Crippen molar-refractivity contribution in [2.75, 3.05) is 10.6 Å². The Morgan fingerprint density at radius 2 is 1.81 bits per heavy atom. The minimum Gasteiger partial charge on any atom is -0.370 e. The van der Waals surface area contributed by atoms with Crippen molar-refractivity contribution in [2.24, 2.45) is 10.7 Å². The van der Waals surface area contributed by atoms with Crippen molar-refractivity contribution in [1.29, 1.82) is 0 Å². The Hall–Kier alpha value is -2.82. The van der Waals surface area contributed by atoms with Gasteiger partial charge in [-0.3, -0.25) is 4.79 Å². The molecule has 0 bridgehead atoms. The van der Waals surface area contributed by atoms with Crippen LogP contribution in [0, 0.1) is 0 Å². The Kier molecular flexibility index (Phi) is 7.21. The van der Waals surface area contributed by atoms with Crippen molar-refractivity contribution in [3.05, 3.63) is 59.7 Å². The number of aliphatic imine (C=N–C) groups is 1. The lowest BCUT2D eigenvalue weighted by Crippen LogP contribution is -2.22. The summed E-state index contributed by atoms with van der Waals surface area (Å²) in [5.41, 5.74) is 10.0. The van der Waals surface area contributed by atoms with Gasteiger partial charge in [0.05, 0.1) is 6.54 Å². The van der Waals surface area contributed by atoms with Crippen LogP contribution in [0.4, 0.5) is 11.4 Å². The van der Waals surface area contributed by atoms with Crippen LogP contribution in [0.5, 0.6) is 0 Å². The van der Waals surface area contributed by atoms with E-state index in [1.807, 2.05) is 43.3 Å². The molecule has 1 amide bonds. The van der Waals surface area contributed by atoms with Gasteiger partial charge in [-0.15, -0.1) is 0 Å². The lowest BCUT2D eigenvalue weighted by molar-refractivity contribution is -0.116. The minimum absolute atomic E-state index is 0.0374. The van der Waals surface area contributed by atoms with Crippen LogP contribution < -0.4 is 16.4 Å². The first kappa shape index (κ1) is 19.5.